The van der Waals surface area contributed by atoms with Crippen LogP contribution in [0, 0.1) is 17.0 Å². The highest BCUT2D eigenvalue weighted by Gasteiger charge is 2.32. The van der Waals surface area contributed by atoms with Crippen LogP contribution in [-0.2, 0) is 4.79 Å². The number of carbonyl (C=O) groups is 1. The van der Waals surface area contributed by atoms with Crippen LogP contribution in [0.2, 0.25) is 0 Å². The summed E-state index contributed by atoms with van der Waals surface area (Å²) in [7, 11) is 0. The van der Waals surface area contributed by atoms with E-state index in [0.717, 1.165) is 5.56 Å². The number of hydrogen-bond acceptors (Lipinski definition) is 5. The van der Waals surface area contributed by atoms with Crippen molar-refractivity contribution in [3.63, 3.8) is 0 Å². The first-order chi connectivity index (χ1) is 9.65. The summed E-state index contributed by atoms with van der Waals surface area (Å²) in [4.78, 5) is 21.9. The van der Waals surface area contributed by atoms with Crippen molar-refractivity contribution in [1.82, 2.24) is 5.32 Å². The number of nitro groups is 1. The van der Waals surface area contributed by atoms with E-state index in [9.17, 15) is 14.9 Å². The minimum atomic E-state index is -1.05. The SMILES string of the molecule is Cc1ccc([N+](=O)[O-])cc1OCC(C)(NC(C)C)C(N)=O. The molecule has 0 aliphatic carbocycles. The van der Waals surface area contributed by atoms with Crippen molar-refractivity contribution >= 4 is 11.6 Å². The Hall–Kier alpha value is -2.15. The maximum Gasteiger partial charge on any atom is 0.273 e. The fraction of sp³-hybridized carbons (Fsp3) is 0.500. The minimum absolute atomic E-state index is 0.0114. The number of ether oxygens (including phenoxy) is 1. The van der Waals surface area contributed by atoms with Crippen LogP contribution in [0.3, 0.4) is 0 Å². The molecule has 116 valence electrons. The van der Waals surface area contributed by atoms with Gasteiger partial charge in [0.1, 0.15) is 17.9 Å². The zero-order valence-electron chi connectivity index (χ0n) is 12.7. The monoisotopic (exact) mass is 295 g/mol. The second-order valence-corrected chi connectivity index (χ2v) is 5.49. The highest BCUT2D eigenvalue weighted by atomic mass is 16.6. The third-order valence-corrected chi connectivity index (χ3v) is 3.05. The van der Waals surface area contributed by atoms with Gasteiger partial charge >= 0.3 is 0 Å². The molecule has 0 heterocycles. The Morgan fingerprint density at radius 1 is 1.52 bits per heavy atom. The van der Waals surface area contributed by atoms with Gasteiger partial charge in [-0.15, -0.1) is 0 Å². The summed E-state index contributed by atoms with van der Waals surface area (Å²) in [6.45, 7) is 7.18. The van der Waals surface area contributed by atoms with Crippen molar-refractivity contribution in [3.8, 4) is 5.75 Å². The highest BCUT2D eigenvalue weighted by Crippen LogP contribution is 2.25. The molecule has 0 saturated heterocycles. The number of nitro benzene ring substituents is 1. The molecular weight excluding hydrogens is 274 g/mol. The van der Waals surface area contributed by atoms with Crippen LogP contribution in [0.1, 0.15) is 26.3 Å². The molecule has 0 spiro atoms. The Kier molecular flexibility index (Phi) is 5.26. The van der Waals surface area contributed by atoms with Crippen LogP contribution >= 0.6 is 0 Å². The molecule has 21 heavy (non-hydrogen) atoms. The van der Waals surface area contributed by atoms with Gasteiger partial charge in [0.2, 0.25) is 5.91 Å². The molecule has 1 unspecified atom stereocenters. The van der Waals surface area contributed by atoms with Crippen molar-refractivity contribution in [2.45, 2.75) is 39.3 Å². The minimum Gasteiger partial charge on any atom is -0.491 e. The van der Waals surface area contributed by atoms with Crippen LogP contribution < -0.4 is 15.8 Å². The lowest BCUT2D eigenvalue weighted by Crippen LogP contribution is -2.59. The topological polar surface area (TPSA) is 107 Å². The number of nitrogens with zero attached hydrogens (tertiary/aromatic N) is 1. The van der Waals surface area contributed by atoms with Crippen molar-refractivity contribution in [2.75, 3.05) is 6.61 Å². The van der Waals surface area contributed by atoms with Crippen molar-refractivity contribution in [2.24, 2.45) is 5.73 Å². The smallest absolute Gasteiger partial charge is 0.273 e. The molecule has 0 aliphatic rings. The van der Waals surface area contributed by atoms with Gasteiger partial charge in [0.05, 0.1) is 11.0 Å². The second kappa shape index (κ2) is 6.53. The van der Waals surface area contributed by atoms with Crippen LogP contribution in [-0.4, -0.2) is 29.0 Å². The average molecular weight is 295 g/mol. The number of rotatable bonds is 7. The zero-order valence-corrected chi connectivity index (χ0v) is 12.7. The third-order valence-electron chi connectivity index (χ3n) is 3.05. The molecule has 1 aromatic rings. The Morgan fingerprint density at radius 2 is 2.14 bits per heavy atom. The number of benzene rings is 1. The normalized spacial score (nSPS) is 13.8. The summed E-state index contributed by atoms with van der Waals surface area (Å²) in [6.07, 6.45) is 0. The highest BCUT2D eigenvalue weighted by molar-refractivity contribution is 5.84. The van der Waals surface area contributed by atoms with Gasteiger partial charge in [-0.2, -0.15) is 0 Å². The molecule has 7 heteroatoms. The summed E-state index contributed by atoms with van der Waals surface area (Å²) in [6, 6.07) is 4.39. The molecule has 1 rings (SSSR count). The third kappa shape index (κ3) is 4.42. The first-order valence-electron chi connectivity index (χ1n) is 6.61. The molecule has 3 N–H and O–H groups in total. The second-order valence-electron chi connectivity index (χ2n) is 5.49. The van der Waals surface area contributed by atoms with Gasteiger partial charge in [-0.05, 0) is 39.3 Å². The fourth-order valence-electron chi connectivity index (χ4n) is 1.90. The summed E-state index contributed by atoms with van der Waals surface area (Å²) in [5.74, 6) is -0.179. The van der Waals surface area contributed by atoms with E-state index < -0.39 is 16.4 Å². The molecule has 1 atom stereocenters. The number of non-ortho nitro benzene ring substituents is 1. The van der Waals surface area contributed by atoms with Crippen LogP contribution in [0.5, 0.6) is 5.75 Å². The van der Waals surface area contributed by atoms with E-state index in [0.29, 0.717) is 5.75 Å². The number of amides is 1. The summed E-state index contributed by atoms with van der Waals surface area (Å²) >= 11 is 0. The lowest BCUT2D eigenvalue weighted by Gasteiger charge is -2.29. The van der Waals surface area contributed by atoms with Crippen molar-refractivity contribution < 1.29 is 14.5 Å². The van der Waals surface area contributed by atoms with E-state index in [-0.39, 0.29) is 18.3 Å². The van der Waals surface area contributed by atoms with Gasteiger partial charge in [0.15, 0.2) is 0 Å². The standard InChI is InChI=1S/C14H21N3O4/c1-9(2)16-14(4,13(15)18)8-21-12-7-11(17(19)20)6-5-10(12)3/h5-7,9,16H,8H2,1-4H3,(H2,15,18). The van der Waals surface area contributed by atoms with Gasteiger partial charge < -0.3 is 10.5 Å². The summed E-state index contributed by atoms with van der Waals surface area (Å²) in [5, 5.41) is 13.8. The van der Waals surface area contributed by atoms with E-state index in [4.69, 9.17) is 10.5 Å². The Bertz CT molecular complexity index is 545. The molecular formula is C14H21N3O4. The van der Waals surface area contributed by atoms with E-state index in [1.54, 1.807) is 19.9 Å². The van der Waals surface area contributed by atoms with E-state index >= 15 is 0 Å². The molecule has 0 aromatic heterocycles. The van der Waals surface area contributed by atoms with Crippen LogP contribution in [0.25, 0.3) is 0 Å². The van der Waals surface area contributed by atoms with Gasteiger partial charge in [-0.25, -0.2) is 0 Å². The molecule has 0 radical (unpaired) electrons. The van der Waals surface area contributed by atoms with E-state index in [1.165, 1.54) is 12.1 Å². The van der Waals surface area contributed by atoms with Crippen LogP contribution in [0.4, 0.5) is 5.69 Å². The Labute approximate surface area is 123 Å². The zero-order chi connectivity index (χ0) is 16.2. The molecule has 0 bridgehead atoms. The summed E-state index contributed by atoms with van der Waals surface area (Å²) in [5.41, 5.74) is 5.04. The number of nitrogens with one attached hydrogen (secondary N) is 1. The molecule has 0 fully saturated rings. The van der Waals surface area contributed by atoms with Gasteiger partial charge in [-0.1, -0.05) is 0 Å². The lowest BCUT2D eigenvalue weighted by molar-refractivity contribution is -0.385. The number of aryl methyl sites for hydroxylation is 1. The number of primary amides is 1. The first-order valence-corrected chi connectivity index (χ1v) is 6.61. The Morgan fingerprint density at radius 3 is 2.62 bits per heavy atom. The van der Waals surface area contributed by atoms with E-state index in [1.807, 2.05) is 13.8 Å². The molecule has 7 nitrogen and oxygen atoms in total. The number of carbonyl (C=O) groups excluding carboxylic acids is 1. The molecule has 0 saturated carbocycles. The Balaban J connectivity index is 2.92. The van der Waals surface area contributed by atoms with Gasteiger partial charge in [0.25, 0.3) is 5.69 Å². The molecule has 0 aliphatic heterocycles. The first kappa shape index (κ1) is 16.9. The fourth-order valence-corrected chi connectivity index (χ4v) is 1.90. The molecule has 1 aromatic carbocycles. The quantitative estimate of drug-likeness (QED) is 0.586. The predicted octanol–water partition coefficient (Wildman–Crippen LogP) is 1.52. The summed E-state index contributed by atoms with van der Waals surface area (Å²) < 4.78 is 5.59. The predicted molar refractivity (Wildman–Crippen MR) is 79.2 cm³/mol. The number of hydrogen-bond donors (Lipinski definition) is 2. The van der Waals surface area contributed by atoms with E-state index in [2.05, 4.69) is 5.32 Å². The molecule has 1 amide bonds. The van der Waals surface area contributed by atoms with Crippen molar-refractivity contribution in [3.05, 3.63) is 33.9 Å². The lowest BCUT2D eigenvalue weighted by atomic mass is 10.0. The van der Waals surface area contributed by atoms with Gasteiger partial charge in [-0.3, -0.25) is 20.2 Å². The average Bonchev–Trinajstić information content (AvgIpc) is 2.36. The largest absolute Gasteiger partial charge is 0.491 e. The van der Waals surface area contributed by atoms with Crippen LogP contribution in [0.15, 0.2) is 18.2 Å². The van der Waals surface area contributed by atoms with Gasteiger partial charge in [0, 0.05) is 12.1 Å². The maximum atomic E-state index is 11.6. The van der Waals surface area contributed by atoms with Crippen molar-refractivity contribution in [1.29, 1.82) is 0 Å². The maximum absolute atomic E-state index is 11.6. The number of nitrogens with two attached hydrogens (primary N) is 1.